The number of likely N-dealkylation sites (N-methyl/N-ethyl adjacent to an activating group) is 1. The number of nitrogens with two attached hydrogens (primary N) is 1. The molecule has 2 N–H and O–H groups in total. The van der Waals surface area contributed by atoms with Crippen LogP contribution in [0.2, 0.25) is 0 Å². The monoisotopic (exact) mass is 542 g/mol. The zero-order valence-corrected chi connectivity index (χ0v) is 23.3. The van der Waals surface area contributed by atoms with E-state index in [0.29, 0.717) is 11.3 Å². The Hall–Kier alpha value is -3.94. The van der Waals surface area contributed by atoms with Gasteiger partial charge in [-0.25, -0.2) is 5.01 Å². The first kappa shape index (κ1) is 27.6. The number of hydrogen-bond acceptors (Lipinski definition) is 5. The fraction of sp³-hybridized carbons (Fsp3) is 0.438. The number of rotatable bonds is 7. The van der Waals surface area contributed by atoms with E-state index in [2.05, 4.69) is 18.2 Å². The molecule has 8 nitrogen and oxygen atoms in total. The third kappa shape index (κ3) is 5.67. The largest absolute Gasteiger partial charge is 0.496 e. The summed E-state index contributed by atoms with van der Waals surface area (Å²) in [5.41, 5.74) is 9.42. The van der Waals surface area contributed by atoms with Crippen molar-refractivity contribution in [3.63, 3.8) is 0 Å². The smallest absolute Gasteiger partial charge is 0.254 e. The molecule has 3 amide bonds. The van der Waals surface area contributed by atoms with Crippen LogP contribution in [0, 0.1) is 11.8 Å². The normalized spacial score (nSPS) is 21.3. The number of nitrogens with zero attached hydrogens (tertiary/aromatic N) is 3. The molecular weight excluding hydrogens is 504 g/mol. The van der Waals surface area contributed by atoms with Crippen molar-refractivity contribution in [1.29, 1.82) is 0 Å². The summed E-state index contributed by atoms with van der Waals surface area (Å²) in [6.45, 7) is -0.143. The minimum absolute atomic E-state index is 0.0431. The molecule has 0 unspecified atom stereocenters. The van der Waals surface area contributed by atoms with E-state index in [-0.39, 0.29) is 36.2 Å². The molecule has 2 aromatic rings. The van der Waals surface area contributed by atoms with Gasteiger partial charge in [-0.05, 0) is 67.1 Å². The van der Waals surface area contributed by atoms with Crippen molar-refractivity contribution in [3.05, 3.63) is 65.7 Å². The molecule has 2 aromatic carbocycles. The highest BCUT2D eigenvalue weighted by Crippen LogP contribution is 2.39. The van der Waals surface area contributed by atoms with Gasteiger partial charge in [0, 0.05) is 24.1 Å². The van der Waals surface area contributed by atoms with E-state index >= 15 is 0 Å². The number of ether oxygens (including phenoxy) is 1. The first-order chi connectivity index (χ1) is 19.4. The fourth-order valence-electron chi connectivity index (χ4n) is 6.25. The molecule has 8 heteroatoms. The van der Waals surface area contributed by atoms with Gasteiger partial charge in [-0.1, -0.05) is 50.0 Å². The molecule has 0 aromatic heterocycles. The molecule has 1 fully saturated rings. The van der Waals surface area contributed by atoms with Crippen LogP contribution >= 0.6 is 0 Å². The third-order valence-electron chi connectivity index (χ3n) is 8.39. The lowest BCUT2D eigenvalue weighted by Gasteiger charge is -2.40. The van der Waals surface area contributed by atoms with Crippen LogP contribution in [0.25, 0.3) is 11.1 Å². The maximum atomic E-state index is 13.6. The second-order valence-electron chi connectivity index (χ2n) is 11.1. The predicted octanol–water partition coefficient (Wildman–Crippen LogP) is 4.77. The number of allylic oxidation sites excluding steroid dienone is 2. The lowest BCUT2D eigenvalue weighted by Crippen LogP contribution is -2.49. The maximum absolute atomic E-state index is 13.6. The number of fused-ring (bicyclic) bond motifs is 1. The summed E-state index contributed by atoms with van der Waals surface area (Å²) in [6, 6.07) is 13.5. The summed E-state index contributed by atoms with van der Waals surface area (Å²) in [5, 5.41) is 6.92. The van der Waals surface area contributed by atoms with Crippen LogP contribution in [-0.4, -0.2) is 60.1 Å². The van der Waals surface area contributed by atoms with Gasteiger partial charge < -0.3 is 15.4 Å². The van der Waals surface area contributed by atoms with E-state index in [4.69, 9.17) is 15.6 Å². The van der Waals surface area contributed by atoms with Gasteiger partial charge in [0.1, 0.15) is 5.75 Å². The second-order valence-corrected chi connectivity index (χ2v) is 11.1. The Kier molecular flexibility index (Phi) is 8.33. The summed E-state index contributed by atoms with van der Waals surface area (Å²) < 4.78 is 5.71. The van der Waals surface area contributed by atoms with E-state index < -0.39 is 5.91 Å². The van der Waals surface area contributed by atoms with Crippen LogP contribution in [0.4, 0.5) is 0 Å². The van der Waals surface area contributed by atoms with Gasteiger partial charge in [0.2, 0.25) is 11.8 Å². The summed E-state index contributed by atoms with van der Waals surface area (Å²) in [4.78, 5) is 38.9. The van der Waals surface area contributed by atoms with Crippen molar-refractivity contribution >= 4 is 23.4 Å². The summed E-state index contributed by atoms with van der Waals surface area (Å²) >= 11 is 0. The van der Waals surface area contributed by atoms with Crippen molar-refractivity contribution < 1.29 is 19.1 Å². The molecule has 1 saturated carbocycles. The number of hydrogen-bond donors (Lipinski definition) is 1. The number of carbonyl (C=O) groups excluding carboxylic acids is 3. The van der Waals surface area contributed by atoms with E-state index in [0.717, 1.165) is 60.9 Å². The highest BCUT2D eigenvalue weighted by Gasteiger charge is 2.42. The SMILES string of the molecule is COc1ccc(C2=NN(C3CCCCCC3)C(=O)[C@@H]3CC=CC[C@H]23)cc1-c1ccc(C(=O)N(C)CC(N)=O)cc1. The van der Waals surface area contributed by atoms with E-state index in [1.165, 1.54) is 17.7 Å². The predicted molar refractivity (Wildman–Crippen MR) is 155 cm³/mol. The number of methoxy groups -OCH3 is 1. The highest BCUT2D eigenvalue weighted by atomic mass is 16.5. The lowest BCUT2D eigenvalue weighted by molar-refractivity contribution is -0.140. The number of primary amides is 1. The number of hydrazone groups is 1. The molecule has 0 bridgehead atoms. The van der Waals surface area contributed by atoms with Crippen LogP contribution < -0.4 is 10.5 Å². The Labute approximate surface area is 235 Å². The van der Waals surface area contributed by atoms with Crippen molar-refractivity contribution in [3.8, 4) is 16.9 Å². The average Bonchev–Trinajstić information content (AvgIpc) is 3.26. The molecule has 0 saturated heterocycles. The Balaban J connectivity index is 1.50. The molecule has 1 aliphatic heterocycles. The Bertz CT molecular complexity index is 1320. The maximum Gasteiger partial charge on any atom is 0.254 e. The first-order valence-electron chi connectivity index (χ1n) is 14.3. The zero-order valence-electron chi connectivity index (χ0n) is 23.3. The van der Waals surface area contributed by atoms with Gasteiger partial charge in [0.15, 0.2) is 0 Å². The van der Waals surface area contributed by atoms with Gasteiger partial charge in [-0.2, -0.15) is 5.10 Å². The standard InChI is InChI=1S/C32H38N4O4/c1-35(20-29(33)37)31(38)22-15-13-21(14-16-22)27-19-23(17-18-28(27)40-2)30-25-11-7-8-12-26(25)32(39)36(34-30)24-9-5-3-4-6-10-24/h7-8,13-19,24-26H,3-6,9-12,20H2,1-2H3,(H2,33,37)/t25-,26+/m0/s1. The fourth-order valence-corrected chi connectivity index (χ4v) is 6.25. The van der Waals surface area contributed by atoms with Crippen molar-refractivity contribution in [2.75, 3.05) is 20.7 Å². The molecule has 5 rings (SSSR count). The number of carbonyl (C=O) groups is 3. The van der Waals surface area contributed by atoms with Crippen LogP contribution in [0.3, 0.4) is 0 Å². The molecule has 2 aliphatic carbocycles. The Morgan fingerprint density at radius 2 is 1.62 bits per heavy atom. The van der Waals surface area contributed by atoms with Crippen molar-refractivity contribution in [1.82, 2.24) is 9.91 Å². The minimum Gasteiger partial charge on any atom is -0.496 e. The van der Waals surface area contributed by atoms with E-state index in [1.807, 2.05) is 29.3 Å². The number of amides is 3. The third-order valence-corrected chi connectivity index (χ3v) is 8.39. The number of benzene rings is 2. The lowest BCUT2D eigenvalue weighted by atomic mass is 9.76. The van der Waals surface area contributed by atoms with Crippen LogP contribution in [0.5, 0.6) is 5.75 Å². The van der Waals surface area contributed by atoms with E-state index in [1.54, 1.807) is 26.3 Å². The van der Waals surface area contributed by atoms with Crippen molar-refractivity contribution in [2.45, 2.75) is 57.4 Å². The average molecular weight is 543 g/mol. The van der Waals surface area contributed by atoms with Crippen molar-refractivity contribution in [2.24, 2.45) is 22.7 Å². The molecule has 210 valence electrons. The van der Waals surface area contributed by atoms with Gasteiger partial charge in [0.25, 0.3) is 5.91 Å². The minimum atomic E-state index is -0.561. The molecule has 3 aliphatic rings. The topological polar surface area (TPSA) is 105 Å². The first-order valence-corrected chi connectivity index (χ1v) is 14.3. The van der Waals surface area contributed by atoms with Crippen LogP contribution in [0.1, 0.15) is 67.3 Å². The summed E-state index contributed by atoms with van der Waals surface area (Å²) in [7, 11) is 3.19. The van der Waals surface area contributed by atoms with Gasteiger partial charge in [0.05, 0.1) is 31.3 Å². The molecule has 40 heavy (non-hydrogen) atoms. The quantitative estimate of drug-likeness (QED) is 0.402. The zero-order chi connectivity index (χ0) is 28.2. The molecule has 2 atom stereocenters. The molecule has 1 heterocycles. The van der Waals surface area contributed by atoms with Crippen LogP contribution in [-0.2, 0) is 9.59 Å². The van der Waals surface area contributed by atoms with E-state index in [9.17, 15) is 14.4 Å². The summed E-state index contributed by atoms with van der Waals surface area (Å²) in [6.07, 6.45) is 12.6. The molecular formula is C32H38N4O4. The van der Waals surface area contributed by atoms with Gasteiger partial charge in [-0.3, -0.25) is 14.4 Å². The Morgan fingerprint density at radius 3 is 2.27 bits per heavy atom. The van der Waals surface area contributed by atoms with Crippen LogP contribution in [0.15, 0.2) is 59.7 Å². The summed E-state index contributed by atoms with van der Waals surface area (Å²) in [5.74, 6) is -0.00494. The Morgan fingerprint density at radius 1 is 0.975 bits per heavy atom. The molecule has 0 spiro atoms. The highest BCUT2D eigenvalue weighted by molar-refractivity contribution is 6.08. The molecule has 0 radical (unpaired) electrons. The van der Waals surface area contributed by atoms with Gasteiger partial charge >= 0.3 is 0 Å². The van der Waals surface area contributed by atoms with Gasteiger partial charge in [-0.15, -0.1) is 0 Å². The second kappa shape index (κ2) is 12.1.